The largest absolute Gasteiger partial charge is 0.477 e. The molecule has 1 heterocycles. The van der Waals surface area contributed by atoms with Crippen molar-refractivity contribution in [3.63, 3.8) is 0 Å². The fourth-order valence-electron chi connectivity index (χ4n) is 1.68. The Balaban J connectivity index is 2.18. The molecular formula is C12H14N4O4. The zero-order valence-electron chi connectivity index (χ0n) is 11.1. The second-order valence-electron chi connectivity index (χ2n) is 4.11. The standard InChI is InChI=1S/C12H14N4O4/c1-8-14-12(20-15-8)7-19-11-5-9(6-13-2)3-4-10(11)16(17)18/h3-5,13H,6-7H2,1-2H3. The molecule has 2 aromatic rings. The van der Waals surface area contributed by atoms with Gasteiger partial charge in [-0.15, -0.1) is 0 Å². The molecule has 8 heteroatoms. The molecule has 20 heavy (non-hydrogen) atoms. The second-order valence-corrected chi connectivity index (χ2v) is 4.11. The molecule has 0 aliphatic rings. The lowest BCUT2D eigenvalue weighted by Gasteiger charge is -2.07. The van der Waals surface area contributed by atoms with Gasteiger partial charge in [-0.3, -0.25) is 10.1 Å². The maximum Gasteiger partial charge on any atom is 0.310 e. The van der Waals surface area contributed by atoms with E-state index >= 15 is 0 Å². The number of aryl methyl sites for hydroxylation is 1. The third kappa shape index (κ3) is 3.29. The van der Waals surface area contributed by atoms with Gasteiger partial charge in [0.2, 0.25) is 0 Å². The van der Waals surface area contributed by atoms with Crippen LogP contribution in [0.3, 0.4) is 0 Å². The lowest BCUT2D eigenvalue weighted by Crippen LogP contribution is -2.06. The molecule has 0 fully saturated rings. The number of nitro groups is 1. The van der Waals surface area contributed by atoms with Crippen molar-refractivity contribution >= 4 is 5.69 Å². The highest BCUT2D eigenvalue weighted by Gasteiger charge is 2.16. The monoisotopic (exact) mass is 278 g/mol. The minimum absolute atomic E-state index is 0.00924. The molecule has 0 aliphatic heterocycles. The van der Waals surface area contributed by atoms with Crippen LogP contribution in [-0.4, -0.2) is 22.1 Å². The van der Waals surface area contributed by atoms with Gasteiger partial charge in [0.15, 0.2) is 18.2 Å². The van der Waals surface area contributed by atoms with Crippen molar-refractivity contribution in [1.82, 2.24) is 15.5 Å². The van der Waals surface area contributed by atoms with Gasteiger partial charge in [-0.25, -0.2) is 0 Å². The fourth-order valence-corrected chi connectivity index (χ4v) is 1.68. The quantitative estimate of drug-likeness (QED) is 0.632. The zero-order chi connectivity index (χ0) is 14.5. The first-order valence-corrected chi connectivity index (χ1v) is 5.94. The van der Waals surface area contributed by atoms with Crippen molar-refractivity contribution in [3.8, 4) is 5.75 Å². The first-order chi connectivity index (χ1) is 9.60. The van der Waals surface area contributed by atoms with Crippen LogP contribution in [0.2, 0.25) is 0 Å². The number of benzene rings is 1. The lowest BCUT2D eigenvalue weighted by atomic mass is 10.2. The number of rotatable bonds is 6. The highest BCUT2D eigenvalue weighted by atomic mass is 16.6. The van der Waals surface area contributed by atoms with Gasteiger partial charge in [-0.2, -0.15) is 4.98 Å². The van der Waals surface area contributed by atoms with Gasteiger partial charge in [0.1, 0.15) is 0 Å². The van der Waals surface area contributed by atoms with Gasteiger partial charge >= 0.3 is 5.69 Å². The summed E-state index contributed by atoms with van der Waals surface area (Å²) < 4.78 is 10.3. The predicted octanol–water partition coefficient (Wildman–Crippen LogP) is 1.58. The van der Waals surface area contributed by atoms with E-state index in [1.54, 1.807) is 26.1 Å². The molecule has 0 bridgehead atoms. The highest BCUT2D eigenvalue weighted by Crippen LogP contribution is 2.28. The van der Waals surface area contributed by atoms with E-state index in [0.29, 0.717) is 12.4 Å². The van der Waals surface area contributed by atoms with Crippen LogP contribution in [-0.2, 0) is 13.2 Å². The van der Waals surface area contributed by atoms with Crippen molar-refractivity contribution in [3.05, 3.63) is 45.6 Å². The minimum Gasteiger partial charge on any atom is -0.477 e. The van der Waals surface area contributed by atoms with Crippen LogP contribution in [0.1, 0.15) is 17.3 Å². The Kier molecular flexibility index (Phi) is 4.26. The molecule has 8 nitrogen and oxygen atoms in total. The van der Waals surface area contributed by atoms with E-state index in [0.717, 1.165) is 5.56 Å². The summed E-state index contributed by atoms with van der Waals surface area (Å²) in [4.78, 5) is 14.5. The summed E-state index contributed by atoms with van der Waals surface area (Å²) in [6.45, 7) is 2.27. The number of nitrogens with one attached hydrogen (secondary N) is 1. The zero-order valence-corrected chi connectivity index (χ0v) is 11.1. The smallest absolute Gasteiger partial charge is 0.310 e. The van der Waals surface area contributed by atoms with Crippen molar-refractivity contribution in [2.75, 3.05) is 7.05 Å². The summed E-state index contributed by atoms with van der Waals surface area (Å²) in [6, 6.07) is 4.72. The first kappa shape index (κ1) is 13.9. The summed E-state index contributed by atoms with van der Waals surface area (Å²) >= 11 is 0. The summed E-state index contributed by atoms with van der Waals surface area (Å²) in [6.07, 6.45) is 0. The van der Waals surface area contributed by atoms with E-state index in [4.69, 9.17) is 9.26 Å². The molecule has 1 aromatic heterocycles. The van der Waals surface area contributed by atoms with Gasteiger partial charge in [-0.1, -0.05) is 11.2 Å². The molecule has 0 spiro atoms. The van der Waals surface area contributed by atoms with Crippen LogP contribution in [0.15, 0.2) is 22.7 Å². The SMILES string of the molecule is CNCc1ccc([N+](=O)[O-])c(OCc2nc(C)no2)c1. The van der Waals surface area contributed by atoms with E-state index in [1.807, 2.05) is 0 Å². The third-order valence-electron chi connectivity index (χ3n) is 2.52. The maximum absolute atomic E-state index is 11.0. The Morgan fingerprint density at radius 3 is 2.90 bits per heavy atom. The Bertz CT molecular complexity index is 611. The fraction of sp³-hybridized carbons (Fsp3) is 0.333. The average molecular weight is 278 g/mol. The van der Waals surface area contributed by atoms with Gasteiger partial charge in [-0.05, 0) is 25.6 Å². The summed E-state index contributed by atoms with van der Waals surface area (Å²) in [5.74, 6) is 0.941. The minimum atomic E-state index is -0.489. The molecule has 0 unspecified atom stereocenters. The van der Waals surface area contributed by atoms with E-state index in [9.17, 15) is 10.1 Å². The lowest BCUT2D eigenvalue weighted by molar-refractivity contribution is -0.386. The van der Waals surface area contributed by atoms with E-state index < -0.39 is 4.92 Å². The molecule has 0 saturated carbocycles. The van der Waals surface area contributed by atoms with Crippen LogP contribution in [0.25, 0.3) is 0 Å². The van der Waals surface area contributed by atoms with Crippen LogP contribution < -0.4 is 10.1 Å². The van der Waals surface area contributed by atoms with Crippen LogP contribution in [0, 0.1) is 17.0 Å². The molecule has 1 aromatic carbocycles. The normalized spacial score (nSPS) is 10.5. The Labute approximate surface area is 114 Å². The van der Waals surface area contributed by atoms with Gasteiger partial charge in [0.25, 0.3) is 5.89 Å². The van der Waals surface area contributed by atoms with E-state index in [2.05, 4.69) is 15.5 Å². The topological polar surface area (TPSA) is 103 Å². The van der Waals surface area contributed by atoms with Crippen molar-refractivity contribution in [2.24, 2.45) is 0 Å². The van der Waals surface area contributed by atoms with Gasteiger partial charge in [0, 0.05) is 12.6 Å². The van der Waals surface area contributed by atoms with Crippen LogP contribution in [0.4, 0.5) is 5.69 Å². The molecule has 0 amide bonds. The summed E-state index contributed by atoms with van der Waals surface area (Å²) in [5, 5.41) is 17.6. The van der Waals surface area contributed by atoms with Gasteiger partial charge in [0.05, 0.1) is 4.92 Å². The van der Waals surface area contributed by atoms with Crippen LogP contribution >= 0.6 is 0 Å². The predicted molar refractivity (Wildman–Crippen MR) is 69.2 cm³/mol. The second kappa shape index (κ2) is 6.11. The number of hydrogen-bond donors (Lipinski definition) is 1. The van der Waals surface area contributed by atoms with Crippen molar-refractivity contribution < 1.29 is 14.2 Å². The Hall–Kier alpha value is -2.48. The molecule has 0 aliphatic carbocycles. The molecular weight excluding hydrogens is 264 g/mol. The van der Waals surface area contributed by atoms with Crippen molar-refractivity contribution in [1.29, 1.82) is 0 Å². The third-order valence-corrected chi connectivity index (χ3v) is 2.52. The highest BCUT2D eigenvalue weighted by molar-refractivity contribution is 5.48. The number of hydrogen-bond acceptors (Lipinski definition) is 7. The number of nitro benzene ring substituents is 1. The molecule has 1 N–H and O–H groups in total. The first-order valence-electron chi connectivity index (χ1n) is 5.94. The molecule has 0 saturated heterocycles. The van der Waals surface area contributed by atoms with E-state index in [1.165, 1.54) is 6.07 Å². The van der Waals surface area contributed by atoms with E-state index in [-0.39, 0.29) is 23.9 Å². The number of ether oxygens (including phenoxy) is 1. The number of aromatic nitrogens is 2. The molecule has 0 atom stereocenters. The Morgan fingerprint density at radius 2 is 2.30 bits per heavy atom. The Morgan fingerprint density at radius 1 is 1.50 bits per heavy atom. The van der Waals surface area contributed by atoms with Gasteiger partial charge < -0.3 is 14.6 Å². The van der Waals surface area contributed by atoms with Crippen molar-refractivity contribution in [2.45, 2.75) is 20.1 Å². The molecule has 0 radical (unpaired) electrons. The summed E-state index contributed by atoms with van der Waals surface area (Å²) in [7, 11) is 1.79. The molecule has 106 valence electrons. The average Bonchev–Trinajstić information content (AvgIpc) is 2.82. The number of nitrogens with zero attached hydrogens (tertiary/aromatic N) is 3. The maximum atomic E-state index is 11.0. The van der Waals surface area contributed by atoms with Crippen LogP contribution in [0.5, 0.6) is 5.75 Å². The summed E-state index contributed by atoms with van der Waals surface area (Å²) in [5.41, 5.74) is 0.788. The molecule has 2 rings (SSSR count).